The van der Waals surface area contributed by atoms with Gasteiger partial charge in [-0.2, -0.15) is 0 Å². The van der Waals surface area contributed by atoms with E-state index in [2.05, 4.69) is 38.1 Å². The summed E-state index contributed by atoms with van der Waals surface area (Å²) in [5.74, 6) is 1.54. The third-order valence-corrected chi connectivity index (χ3v) is 5.70. The van der Waals surface area contributed by atoms with E-state index in [0.29, 0.717) is 13.2 Å². The highest BCUT2D eigenvalue weighted by molar-refractivity contribution is 6.06. The standard InChI is InChI=1S/C23H26N2O2/c1-3-23(4-2,21-24-19(15-26-21)17-11-7-5-8-12-17)22-25-20(16-27-22)18-13-9-6-10-14-18/h5-14,19-20H,3-4,15-16H2,1-2H3/t19-,20-/m1/s1. The van der Waals surface area contributed by atoms with Crippen molar-refractivity contribution in [2.24, 2.45) is 15.4 Å². The van der Waals surface area contributed by atoms with Gasteiger partial charge in [0.25, 0.3) is 0 Å². The molecule has 0 saturated heterocycles. The number of hydrogen-bond acceptors (Lipinski definition) is 4. The molecule has 4 rings (SSSR count). The summed E-state index contributed by atoms with van der Waals surface area (Å²) in [7, 11) is 0. The molecule has 0 unspecified atom stereocenters. The summed E-state index contributed by atoms with van der Waals surface area (Å²) in [6.07, 6.45) is 1.70. The van der Waals surface area contributed by atoms with Gasteiger partial charge in [-0.3, -0.25) is 0 Å². The SMILES string of the molecule is CCC(CC)(C1=N[C@@H](c2ccccc2)CO1)C1=N[C@@H](c2ccccc2)CO1. The average Bonchev–Trinajstić information content (AvgIpc) is 3.42. The van der Waals surface area contributed by atoms with Crippen LogP contribution in [0.4, 0.5) is 0 Å². The highest BCUT2D eigenvalue weighted by Gasteiger charge is 2.46. The third-order valence-electron chi connectivity index (χ3n) is 5.70. The van der Waals surface area contributed by atoms with Gasteiger partial charge in [-0.1, -0.05) is 74.5 Å². The zero-order valence-electron chi connectivity index (χ0n) is 16.0. The predicted molar refractivity (Wildman–Crippen MR) is 108 cm³/mol. The van der Waals surface area contributed by atoms with Gasteiger partial charge in [0, 0.05) is 0 Å². The first kappa shape index (κ1) is 17.8. The predicted octanol–water partition coefficient (Wildman–Crippen LogP) is 5.13. The molecule has 0 saturated carbocycles. The molecule has 0 aliphatic carbocycles. The van der Waals surface area contributed by atoms with E-state index in [9.17, 15) is 0 Å². The van der Waals surface area contributed by atoms with Crippen molar-refractivity contribution in [1.82, 2.24) is 0 Å². The summed E-state index contributed by atoms with van der Waals surface area (Å²) in [5.41, 5.74) is 1.99. The van der Waals surface area contributed by atoms with E-state index in [1.54, 1.807) is 0 Å². The van der Waals surface area contributed by atoms with E-state index in [0.717, 1.165) is 24.6 Å². The molecule has 2 aliphatic rings. The molecule has 0 spiro atoms. The quantitative estimate of drug-likeness (QED) is 0.715. The maximum atomic E-state index is 6.11. The lowest BCUT2D eigenvalue weighted by atomic mass is 9.81. The van der Waals surface area contributed by atoms with Crippen LogP contribution >= 0.6 is 0 Å². The lowest BCUT2D eigenvalue weighted by molar-refractivity contribution is 0.245. The summed E-state index contributed by atoms with van der Waals surface area (Å²) < 4.78 is 12.2. The van der Waals surface area contributed by atoms with Crippen LogP contribution in [0.25, 0.3) is 0 Å². The van der Waals surface area contributed by atoms with Crippen molar-refractivity contribution in [2.75, 3.05) is 13.2 Å². The Kier molecular flexibility index (Phi) is 4.97. The van der Waals surface area contributed by atoms with Crippen LogP contribution < -0.4 is 0 Å². The molecular weight excluding hydrogens is 336 g/mol. The first-order valence-electron chi connectivity index (χ1n) is 9.79. The molecule has 0 N–H and O–H groups in total. The van der Waals surface area contributed by atoms with E-state index in [4.69, 9.17) is 19.5 Å². The molecule has 2 aromatic rings. The van der Waals surface area contributed by atoms with Crippen LogP contribution in [0.5, 0.6) is 0 Å². The topological polar surface area (TPSA) is 43.2 Å². The van der Waals surface area contributed by atoms with Crippen molar-refractivity contribution in [3.63, 3.8) is 0 Å². The van der Waals surface area contributed by atoms with Gasteiger partial charge in [-0.05, 0) is 24.0 Å². The summed E-state index contributed by atoms with van der Waals surface area (Å²) in [6, 6.07) is 20.8. The summed E-state index contributed by atoms with van der Waals surface area (Å²) in [6.45, 7) is 5.48. The number of benzene rings is 2. The molecule has 0 fully saturated rings. The van der Waals surface area contributed by atoms with E-state index >= 15 is 0 Å². The Morgan fingerprint density at radius 3 is 1.52 bits per heavy atom. The Balaban J connectivity index is 1.64. The molecule has 27 heavy (non-hydrogen) atoms. The van der Waals surface area contributed by atoms with Crippen LogP contribution in [0, 0.1) is 5.41 Å². The van der Waals surface area contributed by atoms with Crippen LogP contribution in [0.3, 0.4) is 0 Å². The molecule has 2 aliphatic heterocycles. The van der Waals surface area contributed by atoms with Crippen molar-refractivity contribution in [3.8, 4) is 0 Å². The number of hydrogen-bond donors (Lipinski definition) is 0. The van der Waals surface area contributed by atoms with Crippen molar-refractivity contribution in [3.05, 3.63) is 71.8 Å². The Labute approximate surface area is 161 Å². The van der Waals surface area contributed by atoms with E-state index < -0.39 is 0 Å². The number of ether oxygens (including phenoxy) is 2. The Morgan fingerprint density at radius 1 is 0.741 bits per heavy atom. The Morgan fingerprint density at radius 2 is 1.15 bits per heavy atom. The molecule has 2 atom stereocenters. The molecule has 0 amide bonds. The molecule has 0 aromatic heterocycles. The normalized spacial score (nSPS) is 22.0. The summed E-state index contributed by atoms with van der Waals surface area (Å²) in [5, 5.41) is 0. The van der Waals surface area contributed by atoms with Crippen LogP contribution in [-0.4, -0.2) is 25.0 Å². The van der Waals surface area contributed by atoms with Crippen LogP contribution in [0.15, 0.2) is 70.6 Å². The maximum Gasteiger partial charge on any atom is 0.199 e. The summed E-state index contributed by atoms with van der Waals surface area (Å²) in [4.78, 5) is 9.90. The molecule has 4 heteroatoms. The Hall–Kier alpha value is -2.62. The van der Waals surface area contributed by atoms with Gasteiger partial charge in [0.2, 0.25) is 0 Å². The molecular formula is C23H26N2O2. The van der Waals surface area contributed by atoms with E-state index in [-0.39, 0.29) is 17.5 Å². The second-order valence-corrected chi connectivity index (χ2v) is 7.13. The second-order valence-electron chi connectivity index (χ2n) is 7.13. The third kappa shape index (κ3) is 3.25. The van der Waals surface area contributed by atoms with E-state index in [1.165, 1.54) is 11.1 Å². The van der Waals surface area contributed by atoms with Crippen LogP contribution in [0.1, 0.15) is 49.9 Å². The van der Waals surface area contributed by atoms with Crippen LogP contribution in [0.2, 0.25) is 0 Å². The zero-order valence-corrected chi connectivity index (χ0v) is 16.0. The Bertz CT molecular complexity index is 758. The smallest absolute Gasteiger partial charge is 0.199 e. The highest BCUT2D eigenvalue weighted by atomic mass is 16.5. The van der Waals surface area contributed by atoms with Crippen molar-refractivity contribution >= 4 is 11.8 Å². The number of aliphatic imine (C=N–C) groups is 2. The van der Waals surface area contributed by atoms with Gasteiger partial charge < -0.3 is 9.47 Å². The highest BCUT2D eigenvalue weighted by Crippen LogP contribution is 2.40. The van der Waals surface area contributed by atoms with Gasteiger partial charge in [0.05, 0.1) is 0 Å². The zero-order chi connectivity index (χ0) is 18.7. The fourth-order valence-electron chi connectivity index (χ4n) is 3.91. The van der Waals surface area contributed by atoms with Crippen molar-refractivity contribution in [1.29, 1.82) is 0 Å². The number of nitrogens with zero attached hydrogens (tertiary/aromatic N) is 2. The van der Waals surface area contributed by atoms with Crippen molar-refractivity contribution in [2.45, 2.75) is 38.8 Å². The van der Waals surface area contributed by atoms with Gasteiger partial charge in [-0.15, -0.1) is 0 Å². The number of rotatable bonds is 6. The first-order chi connectivity index (χ1) is 13.3. The van der Waals surface area contributed by atoms with Gasteiger partial charge >= 0.3 is 0 Å². The maximum absolute atomic E-state index is 6.11. The average molecular weight is 362 g/mol. The van der Waals surface area contributed by atoms with Crippen LogP contribution in [-0.2, 0) is 9.47 Å². The van der Waals surface area contributed by atoms with Gasteiger partial charge in [0.1, 0.15) is 30.7 Å². The molecule has 0 radical (unpaired) electrons. The molecule has 4 nitrogen and oxygen atoms in total. The monoisotopic (exact) mass is 362 g/mol. The molecule has 2 aromatic carbocycles. The molecule has 2 heterocycles. The lowest BCUT2D eigenvalue weighted by Crippen LogP contribution is -2.39. The minimum Gasteiger partial charge on any atom is -0.478 e. The molecule has 0 bridgehead atoms. The minimum absolute atomic E-state index is 0.0469. The largest absolute Gasteiger partial charge is 0.478 e. The second kappa shape index (κ2) is 7.55. The fourth-order valence-corrected chi connectivity index (χ4v) is 3.91. The van der Waals surface area contributed by atoms with Gasteiger partial charge in [-0.25, -0.2) is 9.98 Å². The fraction of sp³-hybridized carbons (Fsp3) is 0.391. The summed E-state index contributed by atoms with van der Waals surface area (Å²) >= 11 is 0. The van der Waals surface area contributed by atoms with Gasteiger partial charge in [0.15, 0.2) is 11.8 Å². The van der Waals surface area contributed by atoms with E-state index in [1.807, 2.05) is 36.4 Å². The molecule has 140 valence electrons. The minimum atomic E-state index is -0.382. The van der Waals surface area contributed by atoms with Crippen molar-refractivity contribution < 1.29 is 9.47 Å². The lowest BCUT2D eigenvalue weighted by Gasteiger charge is -2.29. The first-order valence-corrected chi connectivity index (χ1v) is 9.79.